The van der Waals surface area contributed by atoms with E-state index in [4.69, 9.17) is 9.68 Å². The van der Waals surface area contributed by atoms with Crippen molar-refractivity contribution in [3.05, 3.63) is 70.8 Å². The van der Waals surface area contributed by atoms with E-state index in [1.54, 1.807) is 36.4 Å². The lowest BCUT2D eigenvalue weighted by Gasteiger charge is -2.35. The second-order valence-electron chi connectivity index (χ2n) is 8.97. The van der Waals surface area contributed by atoms with Gasteiger partial charge in [-0.1, -0.05) is 57.2 Å². The lowest BCUT2D eigenvalue weighted by molar-refractivity contribution is -0.113. The highest BCUT2D eigenvalue weighted by atomic mass is 16.5. The predicted molar refractivity (Wildman–Crippen MR) is 124 cm³/mol. The summed E-state index contributed by atoms with van der Waals surface area (Å²) < 4.78 is 4.94. The Labute approximate surface area is 184 Å². The zero-order valence-electron chi connectivity index (χ0n) is 18.1. The number of benzene rings is 2. The van der Waals surface area contributed by atoms with Crippen molar-refractivity contribution in [1.82, 2.24) is 0 Å². The summed E-state index contributed by atoms with van der Waals surface area (Å²) in [4.78, 5) is 13.3. The third-order valence-electron chi connectivity index (χ3n) is 5.73. The van der Waals surface area contributed by atoms with Crippen molar-refractivity contribution in [2.45, 2.75) is 33.6 Å². The molecular formula is C24H27B2O5. The lowest BCUT2D eigenvalue weighted by Crippen LogP contribution is -2.29. The quantitative estimate of drug-likeness (QED) is 0.515. The fourth-order valence-electron chi connectivity index (χ4n) is 3.73. The first kappa shape index (κ1) is 23.1. The molecule has 5 nitrogen and oxygen atoms in total. The summed E-state index contributed by atoms with van der Waals surface area (Å²) in [6.07, 6.45) is 5.22. The predicted octanol–water partition coefficient (Wildman–Crippen LogP) is 2.76. The van der Waals surface area contributed by atoms with Gasteiger partial charge in [0, 0.05) is 11.1 Å². The van der Waals surface area contributed by atoms with Gasteiger partial charge in [-0.15, -0.1) is 0 Å². The highest BCUT2D eigenvalue weighted by molar-refractivity contribution is 6.58. The van der Waals surface area contributed by atoms with E-state index in [9.17, 15) is 14.8 Å². The molecule has 1 aliphatic carbocycles. The van der Waals surface area contributed by atoms with Crippen molar-refractivity contribution < 1.29 is 24.5 Å². The molecule has 0 amide bonds. The Morgan fingerprint density at radius 2 is 1.42 bits per heavy atom. The number of hydrogen-bond donors (Lipinski definition) is 3. The van der Waals surface area contributed by atoms with Gasteiger partial charge in [0.2, 0.25) is 0 Å². The molecule has 0 aliphatic heterocycles. The van der Waals surface area contributed by atoms with E-state index in [0.29, 0.717) is 37.7 Å². The van der Waals surface area contributed by atoms with Crippen molar-refractivity contribution in [2.75, 3.05) is 0 Å². The topological polar surface area (TPSA) is 87.0 Å². The molecule has 1 radical (unpaired) electrons. The number of Topliss-reactive ketones (excluding diaryl/α,β-unsaturated/α-hetero) is 1. The van der Waals surface area contributed by atoms with Gasteiger partial charge in [0.05, 0.1) is 0 Å². The van der Waals surface area contributed by atoms with Crippen molar-refractivity contribution in [3.63, 3.8) is 0 Å². The zero-order valence-corrected chi connectivity index (χ0v) is 18.1. The molecule has 1 aliphatic rings. The van der Waals surface area contributed by atoms with Crippen LogP contribution in [0.5, 0.6) is 5.75 Å². The summed E-state index contributed by atoms with van der Waals surface area (Å²) in [7, 11) is -0.874. The minimum atomic E-state index is -1.51. The minimum absolute atomic E-state index is 0.0378. The molecule has 1 unspecified atom stereocenters. The first-order valence-corrected chi connectivity index (χ1v) is 10.3. The Bertz CT molecular complexity index is 971. The zero-order chi connectivity index (χ0) is 22.6. The molecule has 3 rings (SSSR count). The van der Waals surface area contributed by atoms with E-state index in [1.165, 1.54) is 0 Å². The minimum Gasteiger partial charge on any atom is -0.537 e. The molecule has 1 fully saturated rings. The van der Waals surface area contributed by atoms with Gasteiger partial charge >= 0.3 is 14.8 Å². The molecule has 0 bridgehead atoms. The Morgan fingerprint density at radius 3 is 1.84 bits per heavy atom. The SMILES string of the molecule is CC(C)(C)C1CC(=Cc2ccc(O[B]O)cc2)C(=O)C(=Cc2ccc(B(O)O)cc2)C1. The van der Waals surface area contributed by atoms with Gasteiger partial charge in [0.25, 0.3) is 0 Å². The van der Waals surface area contributed by atoms with Crippen LogP contribution < -0.4 is 10.1 Å². The van der Waals surface area contributed by atoms with Gasteiger partial charge in [-0.05, 0) is 65.0 Å². The molecule has 2 aromatic carbocycles. The number of rotatable bonds is 5. The highest BCUT2D eigenvalue weighted by Gasteiger charge is 2.34. The summed E-state index contributed by atoms with van der Waals surface area (Å²) in [6, 6.07) is 14.0. The Balaban J connectivity index is 1.93. The molecule has 159 valence electrons. The molecule has 0 heterocycles. The van der Waals surface area contributed by atoms with E-state index < -0.39 is 7.12 Å². The maximum absolute atomic E-state index is 13.3. The Kier molecular flexibility index (Phi) is 7.21. The maximum Gasteiger partial charge on any atom is 0.569 e. The number of ketones is 1. The molecule has 1 saturated carbocycles. The number of allylic oxidation sites excluding steroid dienone is 2. The summed E-state index contributed by atoms with van der Waals surface area (Å²) in [5, 5.41) is 27.3. The number of carbonyl (C=O) groups excluding carboxylic acids is 1. The van der Waals surface area contributed by atoms with Crippen LogP contribution in [-0.2, 0) is 4.79 Å². The molecule has 2 aromatic rings. The molecule has 0 aromatic heterocycles. The van der Waals surface area contributed by atoms with Crippen LogP contribution in [0.2, 0.25) is 0 Å². The van der Waals surface area contributed by atoms with Gasteiger partial charge in [-0.2, -0.15) is 0 Å². The average molecular weight is 417 g/mol. The van der Waals surface area contributed by atoms with Crippen molar-refractivity contribution in [1.29, 1.82) is 0 Å². The van der Waals surface area contributed by atoms with Crippen LogP contribution >= 0.6 is 0 Å². The normalized spacial score (nSPS) is 19.5. The second kappa shape index (κ2) is 9.69. The fraction of sp³-hybridized carbons (Fsp3) is 0.292. The van der Waals surface area contributed by atoms with Gasteiger partial charge < -0.3 is 19.7 Å². The van der Waals surface area contributed by atoms with Crippen LogP contribution in [0.1, 0.15) is 44.7 Å². The van der Waals surface area contributed by atoms with E-state index in [1.807, 2.05) is 24.3 Å². The lowest BCUT2D eigenvalue weighted by atomic mass is 9.68. The van der Waals surface area contributed by atoms with Gasteiger partial charge in [0.15, 0.2) is 5.78 Å². The molecular weight excluding hydrogens is 390 g/mol. The largest absolute Gasteiger partial charge is 0.569 e. The summed E-state index contributed by atoms with van der Waals surface area (Å²) in [5.41, 5.74) is 3.72. The maximum atomic E-state index is 13.3. The van der Waals surface area contributed by atoms with Crippen LogP contribution in [0, 0.1) is 11.3 Å². The van der Waals surface area contributed by atoms with Crippen LogP contribution in [-0.4, -0.2) is 35.7 Å². The van der Waals surface area contributed by atoms with Crippen LogP contribution in [0.4, 0.5) is 0 Å². The average Bonchev–Trinajstić information content (AvgIpc) is 2.72. The first-order chi connectivity index (χ1) is 14.7. The number of hydrogen-bond acceptors (Lipinski definition) is 5. The smallest absolute Gasteiger partial charge is 0.537 e. The standard InChI is InChI=1S/C24H27B2O5/c1-24(2,3)20-14-18(12-16-4-8-21(9-5-16)26(29)30)23(27)19(15-20)13-17-6-10-22(11-7-17)31-25-28/h4-13,20,28-30H,14-15H2,1-3H3. The molecule has 31 heavy (non-hydrogen) atoms. The monoisotopic (exact) mass is 417 g/mol. The highest BCUT2D eigenvalue weighted by Crippen LogP contribution is 2.42. The summed E-state index contributed by atoms with van der Waals surface area (Å²) in [5.74, 6) is 0.868. The van der Waals surface area contributed by atoms with Crippen LogP contribution in [0.25, 0.3) is 12.2 Å². The van der Waals surface area contributed by atoms with Crippen molar-refractivity contribution >= 4 is 38.2 Å². The van der Waals surface area contributed by atoms with Gasteiger partial charge in [0.1, 0.15) is 5.75 Å². The molecule has 3 N–H and O–H groups in total. The third-order valence-corrected chi connectivity index (χ3v) is 5.73. The second-order valence-corrected chi connectivity index (χ2v) is 8.97. The summed E-state index contributed by atoms with van der Waals surface area (Å²) in [6.45, 7) is 6.58. The van der Waals surface area contributed by atoms with Crippen LogP contribution in [0.15, 0.2) is 59.7 Å². The van der Waals surface area contributed by atoms with Crippen molar-refractivity contribution in [2.24, 2.45) is 11.3 Å². The first-order valence-electron chi connectivity index (χ1n) is 10.3. The van der Waals surface area contributed by atoms with Gasteiger partial charge in [-0.3, -0.25) is 4.79 Å². The van der Waals surface area contributed by atoms with E-state index >= 15 is 0 Å². The van der Waals surface area contributed by atoms with Crippen molar-refractivity contribution in [3.8, 4) is 5.75 Å². The summed E-state index contributed by atoms with van der Waals surface area (Å²) >= 11 is 0. The third kappa shape index (κ3) is 5.97. The van der Waals surface area contributed by atoms with Gasteiger partial charge in [-0.25, -0.2) is 0 Å². The van der Waals surface area contributed by atoms with Crippen LogP contribution in [0.3, 0.4) is 0 Å². The molecule has 7 heteroatoms. The van der Waals surface area contributed by atoms with E-state index in [-0.39, 0.29) is 11.2 Å². The number of carbonyl (C=O) groups is 1. The Morgan fingerprint density at radius 1 is 0.935 bits per heavy atom. The fourth-order valence-corrected chi connectivity index (χ4v) is 3.73. The molecule has 0 spiro atoms. The van der Waals surface area contributed by atoms with E-state index in [0.717, 1.165) is 22.3 Å². The molecule has 1 atom stereocenters. The molecule has 0 saturated heterocycles. The van der Waals surface area contributed by atoms with E-state index in [2.05, 4.69) is 20.8 Å². The Hall–Kier alpha value is -2.60.